The topological polar surface area (TPSA) is 68.5 Å². The summed E-state index contributed by atoms with van der Waals surface area (Å²) in [5.74, 6) is -3.30. The number of alkyl halides is 5. The lowest BCUT2D eigenvalue weighted by Gasteiger charge is -2.11. The summed E-state index contributed by atoms with van der Waals surface area (Å²) in [6, 6.07) is 8.58. The van der Waals surface area contributed by atoms with Crippen molar-refractivity contribution in [2.45, 2.75) is 12.8 Å². The molecular formula is C21H11F7N4O2. The van der Waals surface area contributed by atoms with E-state index in [1.807, 2.05) is 0 Å². The molecule has 4 rings (SSSR count). The Hall–Kier alpha value is -4.16. The predicted octanol–water partition coefficient (Wildman–Crippen LogP) is 5.55. The van der Waals surface area contributed by atoms with Crippen LogP contribution >= 0.6 is 0 Å². The molecule has 0 saturated carbocycles. The van der Waals surface area contributed by atoms with Crippen LogP contribution in [-0.4, -0.2) is 27.1 Å². The lowest BCUT2D eigenvalue weighted by Crippen LogP contribution is -2.16. The van der Waals surface area contributed by atoms with Gasteiger partial charge in [-0.2, -0.15) is 27.1 Å². The van der Waals surface area contributed by atoms with E-state index in [1.54, 1.807) is 0 Å². The van der Waals surface area contributed by atoms with Crippen LogP contribution in [-0.2, 0) is 6.18 Å². The SMILES string of the molecule is O=C(Nc1ccc(F)cc1OC(F)F)c1cc2nc(-c3ccc(F)cc3)cc(C(F)(F)F)n2n1. The standard InChI is InChI=1S/C21H11F7N4O2/c22-11-3-1-10(2-4-11)14-8-17(21(26,27)28)32-18(29-14)9-15(31-32)19(33)30-13-6-5-12(23)7-16(13)34-20(24)25/h1-9,20H,(H,30,33). The van der Waals surface area contributed by atoms with E-state index in [1.165, 1.54) is 12.1 Å². The molecule has 0 atom stereocenters. The van der Waals surface area contributed by atoms with Gasteiger partial charge >= 0.3 is 12.8 Å². The number of anilines is 1. The third-order valence-corrected chi connectivity index (χ3v) is 4.50. The summed E-state index contributed by atoms with van der Waals surface area (Å²) < 4.78 is 97.3. The second-order valence-electron chi connectivity index (χ2n) is 6.80. The number of hydrogen-bond acceptors (Lipinski definition) is 4. The van der Waals surface area contributed by atoms with Gasteiger partial charge in [0.1, 0.15) is 11.6 Å². The van der Waals surface area contributed by atoms with Crippen molar-refractivity contribution in [2.24, 2.45) is 0 Å². The molecule has 34 heavy (non-hydrogen) atoms. The molecule has 0 radical (unpaired) electrons. The fourth-order valence-corrected chi connectivity index (χ4v) is 3.04. The average molecular weight is 484 g/mol. The number of amides is 1. The van der Waals surface area contributed by atoms with Gasteiger partial charge in [-0.3, -0.25) is 4.79 Å². The highest BCUT2D eigenvalue weighted by Crippen LogP contribution is 2.33. The first kappa shape index (κ1) is 23.0. The van der Waals surface area contributed by atoms with Crippen molar-refractivity contribution >= 4 is 17.2 Å². The zero-order valence-corrected chi connectivity index (χ0v) is 16.6. The number of fused-ring (bicyclic) bond motifs is 1. The quantitative estimate of drug-likeness (QED) is 0.378. The van der Waals surface area contributed by atoms with Crippen LogP contribution < -0.4 is 10.1 Å². The van der Waals surface area contributed by atoms with Gasteiger partial charge in [0.05, 0.1) is 11.4 Å². The van der Waals surface area contributed by atoms with Crippen molar-refractivity contribution in [3.63, 3.8) is 0 Å². The molecule has 0 aliphatic carbocycles. The molecule has 1 amide bonds. The molecule has 0 unspecified atom stereocenters. The molecule has 2 aromatic carbocycles. The van der Waals surface area contributed by atoms with Gasteiger partial charge in [-0.25, -0.2) is 18.3 Å². The van der Waals surface area contributed by atoms with Crippen LogP contribution in [0.4, 0.5) is 36.4 Å². The highest BCUT2D eigenvalue weighted by molar-refractivity contribution is 6.04. The Labute approximate surface area is 185 Å². The van der Waals surface area contributed by atoms with Crippen molar-refractivity contribution in [2.75, 3.05) is 5.32 Å². The fourth-order valence-electron chi connectivity index (χ4n) is 3.04. The first-order chi connectivity index (χ1) is 16.0. The smallest absolute Gasteiger partial charge is 0.432 e. The highest BCUT2D eigenvalue weighted by atomic mass is 19.4. The molecule has 0 aliphatic heterocycles. The number of rotatable bonds is 5. The zero-order valence-electron chi connectivity index (χ0n) is 16.6. The van der Waals surface area contributed by atoms with Gasteiger partial charge in [-0.15, -0.1) is 0 Å². The van der Waals surface area contributed by atoms with E-state index in [4.69, 9.17) is 0 Å². The maximum atomic E-state index is 13.7. The summed E-state index contributed by atoms with van der Waals surface area (Å²) in [7, 11) is 0. The van der Waals surface area contributed by atoms with Crippen LogP contribution in [0.15, 0.2) is 54.6 Å². The van der Waals surface area contributed by atoms with Crippen LogP contribution in [0, 0.1) is 11.6 Å². The summed E-state index contributed by atoms with van der Waals surface area (Å²) in [6.45, 7) is -3.32. The molecule has 0 spiro atoms. The molecular weight excluding hydrogens is 473 g/mol. The van der Waals surface area contributed by atoms with E-state index in [-0.39, 0.29) is 22.6 Å². The molecule has 1 N–H and O–H groups in total. The summed E-state index contributed by atoms with van der Waals surface area (Å²) in [4.78, 5) is 16.6. The van der Waals surface area contributed by atoms with Crippen LogP contribution in [0.5, 0.6) is 5.75 Å². The normalized spacial score (nSPS) is 11.8. The molecule has 0 saturated heterocycles. The molecule has 0 aliphatic rings. The van der Waals surface area contributed by atoms with Crippen molar-refractivity contribution in [1.29, 1.82) is 0 Å². The number of aromatic nitrogens is 3. The summed E-state index contributed by atoms with van der Waals surface area (Å²) in [5, 5.41) is 5.77. The molecule has 13 heteroatoms. The van der Waals surface area contributed by atoms with Gasteiger partial charge < -0.3 is 10.1 Å². The van der Waals surface area contributed by atoms with E-state index in [0.29, 0.717) is 16.6 Å². The Kier molecular flexibility index (Phi) is 5.85. The third-order valence-electron chi connectivity index (χ3n) is 4.50. The van der Waals surface area contributed by atoms with Crippen LogP contribution in [0.25, 0.3) is 16.9 Å². The van der Waals surface area contributed by atoms with Crippen molar-refractivity contribution in [3.8, 4) is 17.0 Å². The maximum absolute atomic E-state index is 13.7. The number of carbonyl (C=O) groups is 1. The lowest BCUT2D eigenvalue weighted by molar-refractivity contribution is -0.142. The number of nitrogens with one attached hydrogen (secondary N) is 1. The predicted molar refractivity (Wildman–Crippen MR) is 104 cm³/mol. The first-order valence-electron chi connectivity index (χ1n) is 9.31. The fraction of sp³-hybridized carbons (Fsp3) is 0.0952. The number of ether oxygens (including phenoxy) is 1. The van der Waals surface area contributed by atoms with Gasteiger partial charge in [-0.1, -0.05) is 0 Å². The Bertz CT molecular complexity index is 1370. The van der Waals surface area contributed by atoms with Crippen molar-refractivity contribution < 1.29 is 40.3 Å². The van der Waals surface area contributed by atoms with Gasteiger partial charge in [0.15, 0.2) is 22.8 Å². The monoisotopic (exact) mass is 484 g/mol. The minimum absolute atomic E-state index is 0.155. The number of halogens is 7. The van der Waals surface area contributed by atoms with Crippen molar-refractivity contribution in [3.05, 3.63) is 77.6 Å². The Balaban J connectivity index is 1.75. The second kappa shape index (κ2) is 8.65. The lowest BCUT2D eigenvalue weighted by atomic mass is 10.1. The molecule has 2 heterocycles. The van der Waals surface area contributed by atoms with Gasteiger partial charge in [-0.05, 0) is 42.5 Å². The van der Waals surface area contributed by atoms with E-state index in [0.717, 1.165) is 30.3 Å². The number of hydrogen-bond donors (Lipinski definition) is 1. The largest absolute Gasteiger partial charge is 0.433 e. The minimum Gasteiger partial charge on any atom is -0.432 e. The van der Waals surface area contributed by atoms with E-state index in [9.17, 15) is 35.5 Å². The minimum atomic E-state index is -4.90. The molecule has 0 fully saturated rings. The van der Waals surface area contributed by atoms with E-state index >= 15 is 0 Å². The van der Waals surface area contributed by atoms with E-state index < -0.39 is 47.5 Å². The van der Waals surface area contributed by atoms with E-state index in [2.05, 4.69) is 20.1 Å². The van der Waals surface area contributed by atoms with Gasteiger partial charge in [0, 0.05) is 17.7 Å². The number of carbonyl (C=O) groups excluding carboxylic acids is 1. The maximum Gasteiger partial charge on any atom is 0.433 e. The third kappa shape index (κ3) is 4.77. The molecule has 176 valence electrons. The number of nitrogens with zero attached hydrogens (tertiary/aromatic N) is 3. The molecule has 4 aromatic rings. The Morgan fingerprint density at radius 1 is 0.971 bits per heavy atom. The first-order valence-corrected chi connectivity index (χ1v) is 9.31. The molecule has 2 aromatic heterocycles. The average Bonchev–Trinajstić information content (AvgIpc) is 3.18. The highest BCUT2D eigenvalue weighted by Gasteiger charge is 2.35. The zero-order chi connectivity index (χ0) is 24.6. The summed E-state index contributed by atoms with van der Waals surface area (Å²) >= 11 is 0. The molecule has 6 nitrogen and oxygen atoms in total. The van der Waals surface area contributed by atoms with Crippen LogP contribution in [0.3, 0.4) is 0 Å². The summed E-state index contributed by atoms with van der Waals surface area (Å²) in [5.41, 5.74) is -2.50. The van der Waals surface area contributed by atoms with Gasteiger partial charge in [0.25, 0.3) is 5.91 Å². The molecule has 0 bridgehead atoms. The number of benzene rings is 2. The second-order valence-corrected chi connectivity index (χ2v) is 6.80. The van der Waals surface area contributed by atoms with Crippen molar-refractivity contribution in [1.82, 2.24) is 14.6 Å². The Morgan fingerprint density at radius 3 is 2.29 bits per heavy atom. The Morgan fingerprint density at radius 2 is 1.65 bits per heavy atom. The van der Waals surface area contributed by atoms with Gasteiger partial charge in [0.2, 0.25) is 0 Å². The van der Waals surface area contributed by atoms with Crippen LogP contribution in [0.1, 0.15) is 16.2 Å². The van der Waals surface area contributed by atoms with Crippen LogP contribution in [0.2, 0.25) is 0 Å². The summed E-state index contributed by atoms with van der Waals surface area (Å²) in [6.07, 6.45) is -4.90.